The van der Waals surface area contributed by atoms with Gasteiger partial charge in [-0.15, -0.1) is 22.7 Å². The Bertz CT molecular complexity index is 1450. The molecule has 0 bridgehead atoms. The Balaban J connectivity index is 1.93. The molecule has 3 heteroatoms. The van der Waals surface area contributed by atoms with Crippen LogP contribution in [0.3, 0.4) is 0 Å². The van der Waals surface area contributed by atoms with E-state index in [0.717, 1.165) is 5.02 Å². The van der Waals surface area contributed by atoms with Crippen molar-refractivity contribution in [2.45, 2.75) is 0 Å². The van der Waals surface area contributed by atoms with E-state index < -0.39 is 0 Å². The molecule has 0 spiro atoms. The quantitative estimate of drug-likeness (QED) is 0.251. The molecule has 0 nitrogen and oxygen atoms in total. The van der Waals surface area contributed by atoms with Gasteiger partial charge < -0.3 is 0 Å². The van der Waals surface area contributed by atoms with Gasteiger partial charge in [0.05, 0.1) is 0 Å². The molecule has 0 aliphatic carbocycles. The molecule has 6 aromatic rings. The predicted octanol–water partition coefficient (Wildman–Crippen LogP) is 8.23. The summed E-state index contributed by atoms with van der Waals surface area (Å²) in [6.07, 6.45) is 0. The van der Waals surface area contributed by atoms with Crippen molar-refractivity contribution in [3.05, 3.63) is 71.8 Å². The summed E-state index contributed by atoms with van der Waals surface area (Å²) in [7, 11) is 0. The highest BCUT2D eigenvalue weighted by Gasteiger charge is 2.15. The van der Waals surface area contributed by atoms with Crippen LogP contribution >= 0.6 is 34.3 Å². The van der Waals surface area contributed by atoms with E-state index in [2.05, 4.69) is 60.7 Å². The Morgan fingerprint density at radius 1 is 0.600 bits per heavy atom. The maximum atomic E-state index is 6.30. The summed E-state index contributed by atoms with van der Waals surface area (Å²) in [5.74, 6) is 0. The van der Waals surface area contributed by atoms with Gasteiger partial charge in [0.15, 0.2) is 0 Å². The van der Waals surface area contributed by atoms with E-state index in [4.69, 9.17) is 11.6 Å². The molecular weight excluding hydrogens is 364 g/mol. The maximum Gasteiger partial charge on any atom is 0.0434 e. The number of benzene rings is 4. The van der Waals surface area contributed by atoms with Crippen molar-refractivity contribution < 1.29 is 0 Å². The van der Waals surface area contributed by atoms with Crippen molar-refractivity contribution in [1.29, 1.82) is 0 Å². The first-order valence-corrected chi connectivity index (χ1v) is 10.2. The topological polar surface area (TPSA) is 0 Å². The van der Waals surface area contributed by atoms with Crippen LogP contribution in [0.15, 0.2) is 66.7 Å². The van der Waals surface area contributed by atoms with Crippen LogP contribution in [-0.4, -0.2) is 0 Å². The Kier molecular flexibility index (Phi) is 2.79. The molecular formula is C22H11ClS2. The number of thiophene rings is 2. The summed E-state index contributed by atoms with van der Waals surface area (Å²) in [6.45, 7) is 0. The Hall–Kier alpha value is -2.13. The lowest BCUT2D eigenvalue weighted by Gasteiger charge is -2.00. The molecule has 0 atom stereocenters. The molecule has 2 aromatic heterocycles. The molecule has 118 valence electrons. The summed E-state index contributed by atoms with van der Waals surface area (Å²) in [5, 5.41) is 8.78. The van der Waals surface area contributed by atoms with Crippen LogP contribution < -0.4 is 0 Å². The summed E-state index contributed by atoms with van der Waals surface area (Å²) in [6, 6.07) is 23.9. The molecule has 6 rings (SSSR count). The fourth-order valence-corrected chi connectivity index (χ4v) is 6.35. The van der Waals surface area contributed by atoms with Gasteiger partial charge in [-0.3, -0.25) is 0 Å². The molecule has 0 saturated heterocycles. The molecule has 0 unspecified atom stereocenters. The van der Waals surface area contributed by atoms with E-state index in [1.165, 1.54) is 51.1 Å². The molecule has 0 aliphatic heterocycles. The van der Waals surface area contributed by atoms with Crippen LogP contribution in [0.4, 0.5) is 0 Å². The zero-order valence-electron chi connectivity index (χ0n) is 13.0. The first-order chi connectivity index (χ1) is 12.3. The van der Waals surface area contributed by atoms with Gasteiger partial charge in [0.1, 0.15) is 0 Å². The number of hydrogen-bond donors (Lipinski definition) is 0. The normalized spacial score (nSPS) is 12.2. The number of hydrogen-bond acceptors (Lipinski definition) is 2. The van der Waals surface area contributed by atoms with Crippen molar-refractivity contribution in [1.82, 2.24) is 0 Å². The van der Waals surface area contributed by atoms with Crippen LogP contribution in [0.25, 0.3) is 51.1 Å². The fraction of sp³-hybridized carbons (Fsp3) is 0. The first-order valence-electron chi connectivity index (χ1n) is 8.14. The lowest BCUT2D eigenvalue weighted by molar-refractivity contribution is 1.82. The highest BCUT2D eigenvalue weighted by Crippen LogP contribution is 2.46. The average Bonchev–Trinajstić information content (AvgIpc) is 3.19. The number of fused-ring (bicyclic) bond motifs is 9. The Labute approximate surface area is 156 Å². The Morgan fingerprint density at radius 2 is 1.36 bits per heavy atom. The number of halogens is 1. The minimum absolute atomic E-state index is 0.800. The van der Waals surface area contributed by atoms with Crippen LogP contribution in [0.2, 0.25) is 5.02 Å². The summed E-state index contributed by atoms with van der Waals surface area (Å²) < 4.78 is 5.35. The monoisotopic (exact) mass is 374 g/mol. The van der Waals surface area contributed by atoms with Crippen molar-refractivity contribution >= 4 is 85.4 Å². The van der Waals surface area contributed by atoms with Crippen LogP contribution in [-0.2, 0) is 0 Å². The van der Waals surface area contributed by atoms with Gasteiger partial charge in [-0.05, 0) is 41.1 Å². The van der Waals surface area contributed by atoms with E-state index >= 15 is 0 Å². The van der Waals surface area contributed by atoms with Gasteiger partial charge in [-0.2, -0.15) is 0 Å². The summed E-state index contributed by atoms with van der Waals surface area (Å²) in [5.41, 5.74) is 0. The largest absolute Gasteiger partial charge is 0.135 e. The molecule has 0 N–H and O–H groups in total. The maximum absolute atomic E-state index is 6.30. The first kappa shape index (κ1) is 14.1. The molecule has 25 heavy (non-hydrogen) atoms. The van der Waals surface area contributed by atoms with Gasteiger partial charge in [-0.1, -0.05) is 48.0 Å². The van der Waals surface area contributed by atoms with E-state index in [1.54, 1.807) is 0 Å². The van der Waals surface area contributed by atoms with Crippen molar-refractivity contribution in [2.75, 3.05) is 0 Å². The zero-order valence-corrected chi connectivity index (χ0v) is 15.4. The lowest BCUT2D eigenvalue weighted by Crippen LogP contribution is -1.73. The van der Waals surface area contributed by atoms with Gasteiger partial charge in [-0.25, -0.2) is 0 Å². The third-order valence-electron chi connectivity index (χ3n) is 4.92. The van der Waals surface area contributed by atoms with Crippen LogP contribution in [0.5, 0.6) is 0 Å². The van der Waals surface area contributed by atoms with Crippen molar-refractivity contribution in [2.24, 2.45) is 0 Å². The van der Waals surface area contributed by atoms with E-state index in [0.29, 0.717) is 0 Å². The van der Waals surface area contributed by atoms with Crippen molar-refractivity contribution in [3.8, 4) is 0 Å². The van der Waals surface area contributed by atoms with Crippen LogP contribution in [0.1, 0.15) is 0 Å². The minimum atomic E-state index is 0.800. The lowest BCUT2D eigenvalue weighted by atomic mass is 10.0. The van der Waals surface area contributed by atoms with E-state index in [9.17, 15) is 0 Å². The second kappa shape index (κ2) is 4.95. The fourth-order valence-electron chi connectivity index (χ4n) is 3.83. The number of rotatable bonds is 0. The van der Waals surface area contributed by atoms with Crippen LogP contribution in [0, 0.1) is 0 Å². The second-order valence-electron chi connectivity index (χ2n) is 6.32. The van der Waals surface area contributed by atoms with E-state index in [-0.39, 0.29) is 0 Å². The molecule has 2 heterocycles. The minimum Gasteiger partial charge on any atom is -0.135 e. The molecule has 0 radical (unpaired) electrons. The molecule has 0 saturated carbocycles. The third-order valence-corrected chi connectivity index (χ3v) is 7.50. The standard InChI is InChI=1S/C22H11ClS2/c23-13-6-8-17-16(11-13)21-18(24-17)9-10-19-20(21)15-7-5-12-3-1-2-4-14(12)22(15)25-19/h1-11H. The summed E-state index contributed by atoms with van der Waals surface area (Å²) >= 11 is 10.0. The van der Waals surface area contributed by atoms with Gasteiger partial charge in [0.2, 0.25) is 0 Å². The van der Waals surface area contributed by atoms with Gasteiger partial charge in [0.25, 0.3) is 0 Å². The average molecular weight is 375 g/mol. The Morgan fingerprint density at radius 3 is 2.28 bits per heavy atom. The smallest absolute Gasteiger partial charge is 0.0434 e. The second-order valence-corrected chi connectivity index (χ2v) is 8.89. The molecule has 0 aliphatic rings. The van der Waals surface area contributed by atoms with E-state index in [1.807, 2.05) is 28.7 Å². The highest BCUT2D eigenvalue weighted by molar-refractivity contribution is 7.28. The predicted molar refractivity (Wildman–Crippen MR) is 115 cm³/mol. The SMILES string of the molecule is Clc1ccc2sc3ccc4sc5c6ccccc6ccc5c4c3c2c1. The molecule has 0 fully saturated rings. The highest BCUT2D eigenvalue weighted by atomic mass is 35.5. The summed E-state index contributed by atoms with van der Waals surface area (Å²) in [4.78, 5) is 0. The van der Waals surface area contributed by atoms with Gasteiger partial charge >= 0.3 is 0 Å². The van der Waals surface area contributed by atoms with Crippen molar-refractivity contribution in [3.63, 3.8) is 0 Å². The molecule has 0 amide bonds. The third kappa shape index (κ3) is 1.87. The molecule has 4 aromatic carbocycles. The van der Waals surface area contributed by atoms with Gasteiger partial charge in [0, 0.05) is 45.4 Å². The zero-order chi connectivity index (χ0) is 16.5.